The van der Waals surface area contributed by atoms with Crippen LogP contribution in [0.5, 0.6) is 11.5 Å². The largest absolute Gasteiger partial charge is 0.493 e. The topological polar surface area (TPSA) is 99.0 Å². The zero-order chi connectivity index (χ0) is 21.8. The highest BCUT2D eigenvalue weighted by Gasteiger charge is 2.36. The molecule has 1 aliphatic rings. The molecule has 0 bridgehead atoms. The molecule has 0 unspecified atom stereocenters. The first-order chi connectivity index (χ1) is 14.3. The minimum absolute atomic E-state index is 0.133. The number of hydrogen-bond acceptors (Lipinski definition) is 7. The molecular weight excluding hydrogens is 523 g/mol. The van der Waals surface area contributed by atoms with Crippen LogP contribution in [0.2, 0.25) is 0 Å². The molecular formula is C20H17IN2O6S. The van der Waals surface area contributed by atoms with E-state index in [-0.39, 0.29) is 17.1 Å². The van der Waals surface area contributed by atoms with Crippen LogP contribution in [0.25, 0.3) is 6.08 Å². The van der Waals surface area contributed by atoms with E-state index in [1.54, 1.807) is 18.2 Å². The summed E-state index contributed by atoms with van der Waals surface area (Å²) in [5.41, 5.74) is 0.838. The fourth-order valence-electron chi connectivity index (χ4n) is 2.89. The van der Waals surface area contributed by atoms with E-state index in [0.717, 1.165) is 20.2 Å². The molecule has 0 saturated carbocycles. The van der Waals surface area contributed by atoms with Crippen molar-refractivity contribution in [3.63, 3.8) is 0 Å². The van der Waals surface area contributed by atoms with Crippen LogP contribution in [0.3, 0.4) is 0 Å². The van der Waals surface area contributed by atoms with E-state index in [0.29, 0.717) is 29.2 Å². The van der Waals surface area contributed by atoms with Crippen molar-refractivity contribution in [3.8, 4) is 11.5 Å². The van der Waals surface area contributed by atoms with Crippen LogP contribution < -0.4 is 9.47 Å². The van der Waals surface area contributed by atoms with Gasteiger partial charge in [0.05, 0.1) is 33.7 Å². The van der Waals surface area contributed by atoms with E-state index in [4.69, 9.17) is 9.47 Å². The number of nitro benzene ring substituents is 1. The van der Waals surface area contributed by atoms with Gasteiger partial charge in [0, 0.05) is 11.6 Å². The third-order valence-corrected chi connectivity index (χ3v) is 5.94. The molecule has 2 amide bonds. The first kappa shape index (κ1) is 22.1. The highest BCUT2D eigenvalue weighted by atomic mass is 127. The van der Waals surface area contributed by atoms with Crippen molar-refractivity contribution in [1.82, 2.24) is 4.90 Å². The number of carbonyl (C=O) groups is 2. The fourth-order valence-corrected chi connectivity index (χ4v) is 4.51. The maximum atomic E-state index is 12.8. The Kier molecular flexibility index (Phi) is 6.98. The van der Waals surface area contributed by atoms with Gasteiger partial charge in [-0.15, -0.1) is 0 Å². The molecule has 8 nitrogen and oxygen atoms in total. The van der Waals surface area contributed by atoms with Crippen molar-refractivity contribution in [2.24, 2.45) is 0 Å². The number of carbonyl (C=O) groups excluding carboxylic acids is 2. The van der Waals surface area contributed by atoms with Crippen molar-refractivity contribution in [1.29, 1.82) is 0 Å². The zero-order valence-electron chi connectivity index (χ0n) is 16.1. The SMILES string of the molecule is CCOc1c(I)cc(/C=C2/SC(=O)N(Cc3ccccc3[N+](=O)[O-])C2=O)cc1OC. The van der Waals surface area contributed by atoms with Crippen LogP contribution >= 0.6 is 34.4 Å². The second kappa shape index (κ2) is 9.47. The van der Waals surface area contributed by atoms with E-state index in [2.05, 4.69) is 22.6 Å². The van der Waals surface area contributed by atoms with Crippen LogP contribution in [0, 0.1) is 13.7 Å². The number of para-hydroxylation sites is 1. The Bertz CT molecular complexity index is 1060. The molecule has 0 radical (unpaired) electrons. The van der Waals surface area contributed by atoms with Crippen molar-refractivity contribution in [2.75, 3.05) is 13.7 Å². The molecule has 0 aliphatic carbocycles. The Morgan fingerprint density at radius 2 is 2.00 bits per heavy atom. The molecule has 1 heterocycles. The van der Waals surface area contributed by atoms with Crippen LogP contribution in [0.1, 0.15) is 18.1 Å². The van der Waals surface area contributed by atoms with Gasteiger partial charge in [-0.25, -0.2) is 0 Å². The van der Waals surface area contributed by atoms with Crippen LogP contribution in [0.15, 0.2) is 41.3 Å². The molecule has 1 saturated heterocycles. The highest BCUT2D eigenvalue weighted by Crippen LogP contribution is 2.38. The molecule has 156 valence electrons. The number of thioether (sulfide) groups is 1. The van der Waals surface area contributed by atoms with Gasteiger partial charge in [0.1, 0.15) is 0 Å². The predicted molar refractivity (Wildman–Crippen MR) is 121 cm³/mol. The van der Waals surface area contributed by atoms with E-state index in [1.165, 1.54) is 25.3 Å². The Balaban J connectivity index is 1.89. The molecule has 0 aromatic heterocycles. The summed E-state index contributed by atoms with van der Waals surface area (Å²) in [6.07, 6.45) is 1.60. The van der Waals surface area contributed by atoms with Gasteiger partial charge in [-0.3, -0.25) is 24.6 Å². The van der Waals surface area contributed by atoms with Gasteiger partial charge < -0.3 is 9.47 Å². The van der Waals surface area contributed by atoms with Gasteiger partial charge in [0.15, 0.2) is 11.5 Å². The van der Waals surface area contributed by atoms with Crippen LogP contribution in [0.4, 0.5) is 10.5 Å². The minimum Gasteiger partial charge on any atom is -0.493 e. The van der Waals surface area contributed by atoms with Gasteiger partial charge in [-0.1, -0.05) is 18.2 Å². The predicted octanol–water partition coefficient (Wildman–Crippen LogP) is 4.84. The number of nitro groups is 1. The molecule has 2 aromatic rings. The van der Waals surface area contributed by atoms with Gasteiger partial charge >= 0.3 is 0 Å². The quantitative estimate of drug-likeness (QED) is 0.215. The van der Waals surface area contributed by atoms with Gasteiger partial charge in [-0.2, -0.15) is 0 Å². The minimum atomic E-state index is -0.529. The maximum Gasteiger partial charge on any atom is 0.293 e. The number of halogens is 1. The van der Waals surface area contributed by atoms with E-state index >= 15 is 0 Å². The van der Waals surface area contributed by atoms with Crippen molar-refractivity contribution < 1.29 is 24.0 Å². The summed E-state index contributed by atoms with van der Waals surface area (Å²) in [6.45, 7) is 2.19. The Morgan fingerprint density at radius 3 is 2.67 bits per heavy atom. The third-order valence-electron chi connectivity index (χ3n) is 4.23. The first-order valence-corrected chi connectivity index (χ1v) is 10.7. The lowest BCUT2D eigenvalue weighted by molar-refractivity contribution is -0.385. The van der Waals surface area contributed by atoms with E-state index < -0.39 is 16.1 Å². The molecule has 1 fully saturated rings. The maximum absolute atomic E-state index is 12.8. The Labute approximate surface area is 190 Å². The highest BCUT2D eigenvalue weighted by molar-refractivity contribution is 14.1. The molecule has 0 atom stereocenters. The lowest BCUT2D eigenvalue weighted by Crippen LogP contribution is -2.27. The second-order valence-electron chi connectivity index (χ2n) is 6.12. The summed E-state index contributed by atoms with van der Waals surface area (Å²) in [6, 6.07) is 9.60. The number of nitrogens with zero attached hydrogens (tertiary/aromatic N) is 2. The number of benzene rings is 2. The second-order valence-corrected chi connectivity index (χ2v) is 8.28. The number of amides is 2. The number of methoxy groups -OCH3 is 1. The lowest BCUT2D eigenvalue weighted by Gasteiger charge is -2.13. The molecule has 0 N–H and O–H groups in total. The number of ether oxygens (including phenoxy) is 2. The Hall–Kier alpha value is -2.60. The standard InChI is InChI=1S/C20H17IN2O6S/c1-3-29-18-14(21)8-12(9-16(18)28-2)10-17-19(24)22(20(25)30-17)11-13-6-4-5-7-15(13)23(26)27/h4-10H,3,11H2,1-2H3/b17-10+. The fraction of sp³-hybridized carbons (Fsp3) is 0.200. The monoisotopic (exact) mass is 540 g/mol. The first-order valence-electron chi connectivity index (χ1n) is 8.83. The molecule has 30 heavy (non-hydrogen) atoms. The van der Waals surface area contributed by atoms with Gasteiger partial charge in [-0.05, 0) is 65.0 Å². The zero-order valence-corrected chi connectivity index (χ0v) is 19.1. The molecule has 1 aliphatic heterocycles. The summed E-state index contributed by atoms with van der Waals surface area (Å²) >= 11 is 2.91. The molecule has 0 spiro atoms. The molecule has 3 rings (SSSR count). The number of hydrogen-bond donors (Lipinski definition) is 0. The number of rotatable bonds is 7. The summed E-state index contributed by atoms with van der Waals surface area (Å²) in [7, 11) is 1.53. The van der Waals surface area contributed by atoms with Crippen LogP contribution in [-0.2, 0) is 11.3 Å². The average molecular weight is 540 g/mol. The van der Waals surface area contributed by atoms with Crippen LogP contribution in [-0.4, -0.2) is 34.7 Å². The smallest absolute Gasteiger partial charge is 0.293 e. The average Bonchev–Trinajstić information content (AvgIpc) is 2.97. The lowest BCUT2D eigenvalue weighted by atomic mass is 10.1. The molecule has 2 aromatic carbocycles. The normalized spacial score (nSPS) is 15.0. The Morgan fingerprint density at radius 1 is 1.27 bits per heavy atom. The summed E-state index contributed by atoms with van der Waals surface area (Å²) < 4.78 is 11.8. The number of imide groups is 1. The van der Waals surface area contributed by atoms with E-state index in [9.17, 15) is 19.7 Å². The van der Waals surface area contributed by atoms with Gasteiger partial charge in [0.2, 0.25) is 0 Å². The van der Waals surface area contributed by atoms with Crippen molar-refractivity contribution in [3.05, 3.63) is 66.1 Å². The summed E-state index contributed by atoms with van der Waals surface area (Å²) in [5.74, 6) is 0.641. The van der Waals surface area contributed by atoms with Gasteiger partial charge in [0.25, 0.3) is 16.8 Å². The summed E-state index contributed by atoms with van der Waals surface area (Å²) in [5, 5.41) is 10.7. The molecule has 10 heteroatoms. The third kappa shape index (κ3) is 4.59. The summed E-state index contributed by atoms with van der Waals surface area (Å²) in [4.78, 5) is 37.1. The van der Waals surface area contributed by atoms with E-state index in [1.807, 2.05) is 13.0 Å². The van der Waals surface area contributed by atoms with Crippen molar-refractivity contribution >= 4 is 57.3 Å². The van der Waals surface area contributed by atoms with Crippen molar-refractivity contribution in [2.45, 2.75) is 13.5 Å².